The van der Waals surface area contributed by atoms with E-state index in [0.717, 1.165) is 65.7 Å². The number of hydrogen-bond acceptors (Lipinski definition) is 9. The molecule has 120 heavy (non-hydrogen) atoms. The van der Waals surface area contributed by atoms with Crippen LogP contribution in [0.5, 0.6) is 0 Å². The van der Waals surface area contributed by atoms with Crippen molar-refractivity contribution in [3.05, 3.63) is 332 Å². The minimum Gasteiger partial charge on any atom is -0.399 e. The van der Waals surface area contributed by atoms with Gasteiger partial charge in [-0.2, -0.15) is 0 Å². The lowest BCUT2D eigenvalue weighted by atomic mass is 9.77. The second kappa shape index (κ2) is 30.8. The molecule has 0 aliphatic carbocycles. The molecule has 21 aromatic rings. The summed E-state index contributed by atoms with van der Waals surface area (Å²) in [6, 6.07) is 118. The molecule has 0 bridgehead atoms. The third-order valence-corrected chi connectivity index (χ3v) is 27.7. The van der Waals surface area contributed by atoms with Gasteiger partial charge in [-0.3, -0.25) is 0 Å². The number of aromatic nitrogens is 3. The number of benzene rings is 16. The van der Waals surface area contributed by atoms with Crippen LogP contribution in [0, 0.1) is 0 Å². The Morgan fingerprint density at radius 1 is 0.225 bits per heavy atom. The van der Waals surface area contributed by atoms with Gasteiger partial charge in [-0.05, 0) is 245 Å². The molecule has 0 atom stereocenters. The molecule has 586 valence electrons. The van der Waals surface area contributed by atoms with Gasteiger partial charge >= 0.3 is 14.2 Å². The van der Waals surface area contributed by atoms with Gasteiger partial charge < -0.3 is 18.6 Å². The van der Waals surface area contributed by atoms with Gasteiger partial charge in [-0.1, -0.05) is 269 Å². The first-order chi connectivity index (χ1) is 56.8. The Bertz CT molecular complexity index is 7200. The van der Waals surface area contributed by atoms with E-state index >= 15 is 0 Å². The molecule has 5 aromatic heterocycles. The summed E-state index contributed by atoms with van der Waals surface area (Å²) in [5, 5.41) is 23.4. The molecule has 0 radical (unpaired) electrons. The van der Waals surface area contributed by atoms with E-state index in [4.69, 9.17) is 33.6 Å². The van der Waals surface area contributed by atoms with Gasteiger partial charge in [-0.15, -0.1) is 22.7 Å². The Kier molecular flexibility index (Phi) is 20.3. The van der Waals surface area contributed by atoms with Crippen molar-refractivity contribution in [3.8, 4) is 56.0 Å². The van der Waals surface area contributed by atoms with E-state index in [2.05, 4.69) is 387 Å². The highest BCUT2D eigenvalue weighted by atomic mass is 79.9. The molecule has 7 heterocycles. The summed E-state index contributed by atoms with van der Waals surface area (Å²) in [6.07, 6.45) is 0. The highest BCUT2D eigenvalue weighted by Crippen LogP contribution is 2.45. The second-order valence-corrected chi connectivity index (χ2v) is 36.1. The Labute approximate surface area is 717 Å². The molecule has 2 fully saturated rings. The smallest absolute Gasteiger partial charge is 0.399 e. The summed E-state index contributed by atoms with van der Waals surface area (Å²) in [5.74, 6) is 0. The molecule has 0 N–H and O–H groups in total. The molecule has 0 saturated carbocycles. The summed E-state index contributed by atoms with van der Waals surface area (Å²) in [5.41, 5.74) is 14.9. The zero-order valence-corrected chi connectivity index (χ0v) is 69.2. The number of halogens is 1. The maximum atomic E-state index is 6.28. The lowest BCUT2D eigenvalue weighted by Gasteiger charge is -2.32. The topological polar surface area (TPSA) is 75.6 Å². The third kappa shape index (κ3) is 13.7. The van der Waals surface area contributed by atoms with Crippen molar-refractivity contribution in [3.63, 3.8) is 0 Å². The lowest BCUT2D eigenvalue weighted by molar-refractivity contribution is 0.00578. The summed E-state index contributed by atoms with van der Waals surface area (Å²) >= 11 is 7.21. The number of thiophene rings is 2. The van der Waals surface area contributed by atoms with E-state index in [1.54, 1.807) is 11.3 Å². The Balaban J connectivity index is 0.000000140. The van der Waals surface area contributed by atoms with E-state index in [1.807, 2.05) is 23.5 Å². The van der Waals surface area contributed by atoms with Crippen molar-refractivity contribution in [2.75, 3.05) is 0 Å². The highest BCUT2D eigenvalue weighted by molar-refractivity contribution is 9.10. The first-order valence-corrected chi connectivity index (χ1v) is 42.5. The van der Waals surface area contributed by atoms with Gasteiger partial charge in [-0.25, -0.2) is 15.0 Å². The molecule has 0 amide bonds. The van der Waals surface area contributed by atoms with Crippen LogP contribution in [0.4, 0.5) is 0 Å². The van der Waals surface area contributed by atoms with Crippen molar-refractivity contribution in [1.29, 1.82) is 0 Å². The molecular weight excluding hydrogens is 1570 g/mol. The van der Waals surface area contributed by atoms with Crippen molar-refractivity contribution in [1.82, 2.24) is 15.0 Å². The number of pyridine rings is 3. The SMILES string of the molecule is Brc1cccc(-c2ccc3c4ccccc4c4ccccc4c3n2)c1.C.C.C.CC1(C)OB(c2ccc3sc4ccc(B5OC(C)(C)C(C)(C)O5)cc4c3c2)OC1(C)C.c1cc(-c2ccc3sc4ccc(-c5cccc(-c6ccc7c8ccccc8c8ccccc8c7n6)c5)cc4c3c2)cc(-c2ccc3c4ccccc4c4ccccc4c3n2)c1. The van der Waals surface area contributed by atoms with Gasteiger partial charge in [0.15, 0.2) is 0 Å². The first-order valence-electron chi connectivity index (χ1n) is 40.0. The molecule has 2 aliphatic rings. The van der Waals surface area contributed by atoms with Crippen molar-refractivity contribution < 1.29 is 18.6 Å². The summed E-state index contributed by atoms with van der Waals surface area (Å²) in [7, 11) is -0.730. The van der Waals surface area contributed by atoms with Crippen LogP contribution in [0.3, 0.4) is 0 Å². The molecule has 2 saturated heterocycles. The quantitative estimate of drug-likeness (QED) is 0.116. The molecule has 23 rings (SSSR count). The van der Waals surface area contributed by atoms with Gasteiger partial charge in [0.1, 0.15) is 0 Å². The van der Waals surface area contributed by atoms with Crippen LogP contribution < -0.4 is 10.9 Å². The van der Waals surface area contributed by atoms with Gasteiger partial charge in [0.2, 0.25) is 0 Å². The average molecular weight is 1660 g/mol. The van der Waals surface area contributed by atoms with Crippen molar-refractivity contribution in [2.45, 2.75) is 100 Å². The highest BCUT2D eigenvalue weighted by Gasteiger charge is 2.53. The van der Waals surface area contributed by atoms with Gasteiger partial charge in [0.05, 0.1) is 56.0 Å². The van der Waals surface area contributed by atoms with E-state index in [0.29, 0.717) is 0 Å². The minimum absolute atomic E-state index is 0. The molecule has 0 unspecified atom stereocenters. The van der Waals surface area contributed by atoms with E-state index < -0.39 is 0 Å². The first kappa shape index (κ1) is 79.3. The number of hydrogen-bond donors (Lipinski definition) is 0. The van der Waals surface area contributed by atoms with Crippen LogP contribution in [-0.4, -0.2) is 51.6 Å². The Hall–Kier alpha value is -11.8. The zero-order chi connectivity index (χ0) is 79.2. The largest absolute Gasteiger partial charge is 0.494 e. The number of fused-ring (bicyclic) bond motifs is 24. The molecule has 0 spiro atoms. The normalized spacial score (nSPS) is 14.6. The van der Waals surface area contributed by atoms with Crippen LogP contribution in [-0.2, 0) is 18.6 Å². The maximum Gasteiger partial charge on any atom is 0.494 e. The minimum atomic E-state index is -0.365. The van der Waals surface area contributed by atoms with Crippen LogP contribution in [0.1, 0.15) is 77.7 Å². The fraction of sp³-hybridized carbons (Fsp3) is 0.139. The molecule has 2 aliphatic heterocycles. The van der Waals surface area contributed by atoms with Crippen LogP contribution in [0.25, 0.3) is 194 Å². The fourth-order valence-corrected chi connectivity index (χ4v) is 19.9. The maximum absolute atomic E-state index is 6.28. The summed E-state index contributed by atoms with van der Waals surface area (Å²) in [4.78, 5) is 15.7. The van der Waals surface area contributed by atoms with Gasteiger partial charge in [0.25, 0.3) is 0 Å². The van der Waals surface area contributed by atoms with Crippen molar-refractivity contribution in [2.24, 2.45) is 0 Å². The molecule has 16 aromatic carbocycles. The van der Waals surface area contributed by atoms with Crippen LogP contribution >= 0.6 is 38.6 Å². The molecule has 7 nitrogen and oxygen atoms in total. The summed E-state index contributed by atoms with van der Waals surface area (Å²) < 4.78 is 31.3. The van der Waals surface area contributed by atoms with E-state index in [-0.39, 0.29) is 58.9 Å². The zero-order valence-electron chi connectivity index (χ0n) is 66.0. The van der Waals surface area contributed by atoms with E-state index in [1.165, 1.54) is 143 Å². The number of rotatable bonds is 7. The monoisotopic (exact) mass is 1660 g/mol. The fourth-order valence-electron chi connectivity index (χ4n) is 17.3. The van der Waals surface area contributed by atoms with Crippen LogP contribution in [0.15, 0.2) is 332 Å². The Morgan fingerprint density at radius 2 is 0.467 bits per heavy atom. The lowest BCUT2D eigenvalue weighted by Crippen LogP contribution is -2.41. The average Bonchev–Trinajstić information content (AvgIpc) is 1.38. The molecule has 12 heteroatoms. The number of nitrogens with zero attached hydrogens (tertiary/aromatic N) is 3. The van der Waals surface area contributed by atoms with Crippen LogP contribution in [0.2, 0.25) is 0 Å². The van der Waals surface area contributed by atoms with E-state index in [9.17, 15) is 0 Å². The standard InChI is InChI=1S/C58H34N2S.C24H30B2O4S.C23H14BrN.3CH4/c1-3-19-45-41(15-1)43-17-5-7-21-47(43)57-49(45)25-27-53(59-57)39-13-9-11-35(31-39)37-23-29-55-51(33-37)52-34-38(24-30-56(52)61-55)36-12-10-14-40(32-36)54-28-26-50-46-20-4-2-16-42(46)44-18-6-8-22-48(44)58(50)60-54;1-21(2)22(3,4)28-25(27-21)15-9-11-19-17(13-15)18-14-16(10-12-20(18)31-19)26-29-23(5,6)24(7,8)30-26;24-16-7-5-6-15(14-16)22-13-12-21-19-10-2-1-8-17(19)18-9-3-4-11-20(18)23(21)25-22;;;/h1-34H;9-14H,1-8H3;1-14H;3*1H4. The predicted molar refractivity (Wildman–Crippen MR) is 523 cm³/mol. The summed E-state index contributed by atoms with van der Waals surface area (Å²) in [6.45, 7) is 16.7. The van der Waals surface area contributed by atoms with Gasteiger partial charge in [0, 0.05) is 83.1 Å². The third-order valence-electron chi connectivity index (χ3n) is 24.9. The predicted octanol–water partition coefficient (Wildman–Crippen LogP) is 30.0. The molecular formula is C108H90B2BrN3O4S2. The Morgan fingerprint density at radius 3 is 0.775 bits per heavy atom. The van der Waals surface area contributed by atoms with Crippen molar-refractivity contribution >= 4 is 201 Å². The second-order valence-electron chi connectivity index (χ2n) is 33.0.